The van der Waals surface area contributed by atoms with Crippen molar-refractivity contribution in [1.82, 2.24) is 9.97 Å². The summed E-state index contributed by atoms with van der Waals surface area (Å²) >= 11 is 1.49. The van der Waals surface area contributed by atoms with E-state index in [2.05, 4.69) is 22.1 Å². The zero-order valence-electron chi connectivity index (χ0n) is 18.3. The molecular formula is C23H28N6OS. The quantitative estimate of drug-likeness (QED) is 0.629. The summed E-state index contributed by atoms with van der Waals surface area (Å²) in [5, 5.41) is 3.59. The van der Waals surface area contributed by atoms with Gasteiger partial charge in [0.1, 0.15) is 0 Å². The van der Waals surface area contributed by atoms with Gasteiger partial charge in [0.25, 0.3) is 0 Å². The van der Waals surface area contributed by atoms with E-state index in [1.807, 2.05) is 57.3 Å². The van der Waals surface area contributed by atoms with Gasteiger partial charge in [0.15, 0.2) is 10.9 Å². The number of nitrogens with zero attached hydrogens (tertiary/aromatic N) is 4. The molecule has 8 heteroatoms. The summed E-state index contributed by atoms with van der Waals surface area (Å²) in [6.45, 7) is 7.33. The van der Waals surface area contributed by atoms with Gasteiger partial charge in [-0.15, -0.1) is 11.3 Å². The molecule has 1 aliphatic heterocycles. The van der Waals surface area contributed by atoms with Crippen molar-refractivity contribution in [3.8, 4) is 11.3 Å². The first-order valence-corrected chi connectivity index (χ1v) is 11.2. The third kappa shape index (κ3) is 4.26. The van der Waals surface area contributed by atoms with Crippen molar-refractivity contribution in [1.29, 1.82) is 0 Å². The van der Waals surface area contributed by atoms with Crippen molar-refractivity contribution in [3.05, 3.63) is 52.5 Å². The van der Waals surface area contributed by atoms with Crippen molar-refractivity contribution in [2.75, 3.05) is 28.7 Å². The van der Waals surface area contributed by atoms with Crippen LogP contribution in [0.3, 0.4) is 0 Å². The summed E-state index contributed by atoms with van der Waals surface area (Å²) in [4.78, 5) is 27.8. The highest BCUT2D eigenvalue weighted by Crippen LogP contribution is 2.35. The predicted molar refractivity (Wildman–Crippen MR) is 128 cm³/mol. The number of hydrogen-bond acceptors (Lipinski definition) is 6. The second-order valence-corrected chi connectivity index (χ2v) is 9.17. The molecule has 2 amide bonds. The second-order valence-electron chi connectivity index (χ2n) is 7.96. The lowest BCUT2D eigenvalue weighted by molar-refractivity contribution is 0.255. The molecule has 3 aromatic rings. The van der Waals surface area contributed by atoms with E-state index in [9.17, 15) is 4.79 Å². The van der Waals surface area contributed by atoms with Gasteiger partial charge in [-0.05, 0) is 51.0 Å². The third-order valence-corrected chi connectivity index (χ3v) is 6.72. The van der Waals surface area contributed by atoms with Crippen molar-refractivity contribution in [2.24, 2.45) is 5.73 Å². The van der Waals surface area contributed by atoms with Crippen LogP contribution in [0.2, 0.25) is 0 Å². The molecule has 0 saturated heterocycles. The largest absolute Gasteiger partial charge is 0.372 e. The molecule has 0 unspecified atom stereocenters. The highest BCUT2D eigenvalue weighted by molar-refractivity contribution is 7.15. The van der Waals surface area contributed by atoms with Crippen LogP contribution in [0, 0.1) is 13.8 Å². The number of aromatic nitrogens is 2. The summed E-state index contributed by atoms with van der Waals surface area (Å²) in [5.74, 6) is 0.658. The monoisotopic (exact) mass is 436 g/mol. The molecular weight excluding hydrogens is 408 g/mol. The number of nitrogens with two attached hydrogens (primary N) is 1. The van der Waals surface area contributed by atoms with Crippen LogP contribution < -0.4 is 20.9 Å². The average Bonchev–Trinajstić information content (AvgIpc) is 3.01. The third-order valence-electron chi connectivity index (χ3n) is 5.74. The first-order chi connectivity index (χ1) is 14.9. The van der Waals surface area contributed by atoms with Gasteiger partial charge < -0.3 is 10.6 Å². The Labute approximate surface area is 186 Å². The SMILES string of the molecule is Cc1nc(NC(=O)N2c3nc(-c4cccc(CN)c4)ccc3N(C)CC[C@H]2C)sc1C. The fourth-order valence-corrected chi connectivity index (χ4v) is 4.55. The van der Waals surface area contributed by atoms with E-state index in [0.717, 1.165) is 46.0 Å². The zero-order valence-corrected chi connectivity index (χ0v) is 19.2. The van der Waals surface area contributed by atoms with Crippen LogP contribution in [0.5, 0.6) is 0 Å². The Hall–Kier alpha value is -2.97. The number of amides is 2. The van der Waals surface area contributed by atoms with E-state index in [1.54, 1.807) is 4.90 Å². The maximum Gasteiger partial charge on any atom is 0.329 e. The number of benzene rings is 1. The van der Waals surface area contributed by atoms with E-state index in [0.29, 0.717) is 17.5 Å². The molecule has 0 aliphatic carbocycles. The number of hydrogen-bond donors (Lipinski definition) is 2. The first-order valence-electron chi connectivity index (χ1n) is 10.4. The van der Waals surface area contributed by atoms with Crippen LogP contribution in [0.4, 0.5) is 21.4 Å². The minimum Gasteiger partial charge on any atom is -0.372 e. The number of pyridine rings is 1. The lowest BCUT2D eigenvalue weighted by Gasteiger charge is -2.27. The Morgan fingerprint density at radius 3 is 2.77 bits per heavy atom. The molecule has 4 rings (SSSR count). The Bertz CT molecular complexity index is 1090. The summed E-state index contributed by atoms with van der Waals surface area (Å²) in [6, 6.07) is 11.9. The van der Waals surface area contributed by atoms with Gasteiger partial charge in [-0.25, -0.2) is 14.8 Å². The summed E-state index contributed by atoms with van der Waals surface area (Å²) in [7, 11) is 2.04. The van der Waals surface area contributed by atoms with Gasteiger partial charge >= 0.3 is 6.03 Å². The first kappa shape index (κ1) is 21.3. The van der Waals surface area contributed by atoms with E-state index < -0.39 is 0 Å². The number of carbonyl (C=O) groups excluding carboxylic acids is 1. The van der Waals surface area contributed by atoms with Gasteiger partial charge in [0.05, 0.1) is 17.1 Å². The number of urea groups is 1. The normalized spacial score (nSPS) is 16.1. The molecule has 0 fully saturated rings. The summed E-state index contributed by atoms with van der Waals surface area (Å²) in [5.41, 5.74) is 10.5. The van der Waals surface area contributed by atoms with Gasteiger partial charge in [0.2, 0.25) is 0 Å². The maximum atomic E-state index is 13.4. The van der Waals surface area contributed by atoms with Crippen LogP contribution in [-0.2, 0) is 6.54 Å². The number of anilines is 3. The molecule has 3 heterocycles. The molecule has 1 aliphatic rings. The van der Waals surface area contributed by atoms with E-state index in [1.165, 1.54) is 11.3 Å². The molecule has 0 radical (unpaired) electrons. The van der Waals surface area contributed by atoms with Crippen molar-refractivity contribution < 1.29 is 4.79 Å². The number of nitrogens with one attached hydrogen (secondary N) is 1. The fourth-order valence-electron chi connectivity index (χ4n) is 3.75. The topological polar surface area (TPSA) is 87.4 Å². The molecule has 162 valence electrons. The number of carbonyl (C=O) groups is 1. The van der Waals surface area contributed by atoms with Gasteiger partial charge in [-0.1, -0.05) is 18.2 Å². The van der Waals surface area contributed by atoms with Crippen LogP contribution in [0.25, 0.3) is 11.3 Å². The average molecular weight is 437 g/mol. The second kappa shape index (κ2) is 8.64. The molecule has 0 bridgehead atoms. The molecule has 2 aromatic heterocycles. The van der Waals surface area contributed by atoms with Gasteiger partial charge in [0, 0.05) is 36.6 Å². The molecule has 3 N–H and O–H groups in total. The Kier molecular flexibility index (Phi) is 5.93. The maximum absolute atomic E-state index is 13.4. The molecule has 7 nitrogen and oxygen atoms in total. The zero-order chi connectivity index (χ0) is 22.1. The number of rotatable bonds is 3. The highest BCUT2D eigenvalue weighted by Gasteiger charge is 2.31. The van der Waals surface area contributed by atoms with Crippen LogP contribution in [-0.4, -0.2) is 35.6 Å². The highest BCUT2D eigenvalue weighted by atomic mass is 32.1. The van der Waals surface area contributed by atoms with Crippen molar-refractivity contribution >= 4 is 34.0 Å². The van der Waals surface area contributed by atoms with Crippen LogP contribution in [0.1, 0.15) is 29.5 Å². The number of thiazole rings is 1. The Morgan fingerprint density at radius 1 is 1.26 bits per heavy atom. The standard InChI is InChI=1S/C23H28N6OS/c1-14-10-11-28(4)20-9-8-19(18-7-5-6-17(12-18)13-24)26-21(20)29(14)23(30)27-22-25-15(2)16(3)31-22/h5-9,12,14H,10-11,13,24H2,1-4H3,(H,25,27,30)/t14-/m1/s1. The lowest BCUT2D eigenvalue weighted by atomic mass is 10.1. The molecule has 1 atom stereocenters. The van der Waals surface area contributed by atoms with Gasteiger partial charge in [-0.3, -0.25) is 10.2 Å². The van der Waals surface area contributed by atoms with Gasteiger partial charge in [-0.2, -0.15) is 0 Å². The van der Waals surface area contributed by atoms with E-state index in [-0.39, 0.29) is 12.1 Å². The van der Waals surface area contributed by atoms with Crippen molar-refractivity contribution in [3.63, 3.8) is 0 Å². The molecule has 31 heavy (non-hydrogen) atoms. The van der Waals surface area contributed by atoms with Crippen LogP contribution >= 0.6 is 11.3 Å². The smallest absolute Gasteiger partial charge is 0.329 e. The Morgan fingerprint density at radius 2 is 2.06 bits per heavy atom. The van der Waals surface area contributed by atoms with E-state index >= 15 is 0 Å². The minimum atomic E-state index is -0.210. The predicted octanol–water partition coefficient (Wildman–Crippen LogP) is 4.55. The summed E-state index contributed by atoms with van der Waals surface area (Å²) < 4.78 is 0. The van der Waals surface area contributed by atoms with Crippen LogP contribution in [0.15, 0.2) is 36.4 Å². The molecule has 1 aromatic carbocycles. The lowest BCUT2D eigenvalue weighted by Crippen LogP contribution is -2.42. The van der Waals surface area contributed by atoms with Crippen molar-refractivity contribution in [2.45, 2.75) is 39.8 Å². The van der Waals surface area contributed by atoms with E-state index in [4.69, 9.17) is 10.7 Å². The number of fused-ring (bicyclic) bond motifs is 1. The summed E-state index contributed by atoms with van der Waals surface area (Å²) in [6.07, 6.45) is 0.841. The fraction of sp³-hybridized carbons (Fsp3) is 0.348. The molecule has 0 saturated carbocycles. The minimum absolute atomic E-state index is 0.0102. The Balaban J connectivity index is 1.75. The molecule has 0 spiro atoms. The number of aryl methyl sites for hydroxylation is 2.